The van der Waals surface area contributed by atoms with E-state index < -0.39 is 5.97 Å². The number of halogens is 2. The van der Waals surface area contributed by atoms with Crippen LogP contribution in [0.25, 0.3) is 11.5 Å². The highest BCUT2D eigenvalue weighted by molar-refractivity contribution is 6.42. The van der Waals surface area contributed by atoms with Gasteiger partial charge in [-0.1, -0.05) is 23.2 Å². The van der Waals surface area contributed by atoms with Crippen molar-refractivity contribution in [3.05, 3.63) is 40.2 Å². The summed E-state index contributed by atoms with van der Waals surface area (Å²) in [6.45, 7) is 2.25. The van der Waals surface area contributed by atoms with Gasteiger partial charge in [0.2, 0.25) is 5.89 Å². The van der Waals surface area contributed by atoms with Crippen LogP contribution in [0.3, 0.4) is 0 Å². The van der Waals surface area contributed by atoms with Gasteiger partial charge < -0.3 is 14.4 Å². The first kappa shape index (κ1) is 17.3. The van der Waals surface area contributed by atoms with Gasteiger partial charge in [0.05, 0.1) is 16.5 Å². The molecule has 2 aromatic rings. The average Bonchev–Trinajstić information content (AvgIpc) is 3.00. The molecule has 1 amide bonds. The molecule has 0 bridgehead atoms. The molecule has 122 valence electrons. The number of oxazole rings is 1. The number of carboxylic acid groups (broad SMARTS) is 1. The third kappa shape index (κ3) is 4.24. The third-order valence-electron chi connectivity index (χ3n) is 3.15. The standard InChI is InChI=1S/C15H14Cl2N2O4/c1-2-19(6-5-13(20)21)15(22)12-8-23-14(18-12)9-3-4-10(16)11(17)7-9/h3-4,7-8H,2,5-6H2,1H3,(H,20,21). The summed E-state index contributed by atoms with van der Waals surface area (Å²) in [6.07, 6.45) is 1.11. The highest BCUT2D eigenvalue weighted by Gasteiger charge is 2.20. The smallest absolute Gasteiger partial charge is 0.305 e. The van der Waals surface area contributed by atoms with E-state index in [0.29, 0.717) is 22.2 Å². The molecule has 0 unspecified atom stereocenters. The molecule has 1 N–H and O–H groups in total. The lowest BCUT2D eigenvalue weighted by Crippen LogP contribution is -2.33. The number of aliphatic carboxylic acids is 1. The highest BCUT2D eigenvalue weighted by atomic mass is 35.5. The summed E-state index contributed by atoms with van der Waals surface area (Å²) in [5.41, 5.74) is 0.699. The molecular weight excluding hydrogens is 343 g/mol. The first-order chi connectivity index (χ1) is 10.9. The zero-order valence-electron chi connectivity index (χ0n) is 12.3. The molecule has 6 nitrogen and oxygen atoms in total. The number of nitrogens with zero attached hydrogens (tertiary/aromatic N) is 2. The first-order valence-electron chi connectivity index (χ1n) is 6.84. The molecular formula is C15H14Cl2N2O4. The van der Waals surface area contributed by atoms with Crippen molar-refractivity contribution in [1.29, 1.82) is 0 Å². The molecule has 0 atom stereocenters. The van der Waals surface area contributed by atoms with Crippen LogP contribution < -0.4 is 0 Å². The van der Waals surface area contributed by atoms with Crippen LogP contribution in [0.1, 0.15) is 23.8 Å². The normalized spacial score (nSPS) is 10.6. The summed E-state index contributed by atoms with van der Waals surface area (Å²) in [7, 11) is 0. The number of hydrogen-bond acceptors (Lipinski definition) is 4. The quantitative estimate of drug-likeness (QED) is 0.854. The van der Waals surface area contributed by atoms with E-state index >= 15 is 0 Å². The Labute approximate surface area is 142 Å². The van der Waals surface area contributed by atoms with Gasteiger partial charge in [-0.15, -0.1) is 0 Å². The number of rotatable bonds is 6. The van der Waals surface area contributed by atoms with Gasteiger partial charge in [-0.25, -0.2) is 4.98 Å². The van der Waals surface area contributed by atoms with E-state index in [1.54, 1.807) is 25.1 Å². The molecule has 0 aliphatic heterocycles. The van der Waals surface area contributed by atoms with Crippen molar-refractivity contribution in [3.63, 3.8) is 0 Å². The van der Waals surface area contributed by atoms with Crippen LogP contribution in [-0.2, 0) is 4.79 Å². The third-order valence-corrected chi connectivity index (χ3v) is 3.89. The molecule has 8 heteroatoms. The van der Waals surface area contributed by atoms with Gasteiger partial charge in [0.25, 0.3) is 5.91 Å². The summed E-state index contributed by atoms with van der Waals surface area (Å²) in [6, 6.07) is 4.87. The van der Waals surface area contributed by atoms with E-state index in [9.17, 15) is 9.59 Å². The minimum absolute atomic E-state index is 0.110. The maximum atomic E-state index is 12.3. The van der Waals surface area contributed by atoms with Crippen molar-refractivity contribution in [2.45, 2.75) is 13.3 Å². The zero-order chi connectivity index (χ0) is 17.0. The highest BCUT2D eigenvalue weighted by Crippen LogP contribution is 2.28. The number of carbonyl (C=O) groups is 2. The molecule has 0 saturated heterocycles. The molecule has 23 heavy (non-hydrogen) atoms. The molecule has 1 aromatic heterocycles. The van der Waals surface area contributed by atoms with Gasteiger partial charge in [-0.05, 0) is 25.1 Å². The second kappa shape index (κ2) is 7.48. The maximum Gasteiger partial charge on any atom is 0.305 e. The summed E-state index contributed by atoms with van der Waals surface area (Å²) in [4.78, 5) is 28.5. The lowest BCUT2D eigenvalue weighted by atomic mass is 10.2. The largest absolute Gasteiger partial charge is 0.481 e. The van der Waals surface area contributed by atoms with Crippen LogP contribution in [-0.4, -0.2) is 40.0 Å². The molecule has 1 aromatic carbocycles. The van der Waals surface area contributed by atoms with E-state index in [0.717, 1.165) is 0 Å². The predicted octanol–water partition coefficient (Wildman–Crippen LogP) is 3.59. The molecule has 0 fully saturated rings. The van der Waals surface area contributed by atoms with Gasteiger partial charge in [-0.2, -0.15) is 0 Å². The number of hydrogen-bond donors (Lipinski definition) is 1. The molecule has 0 radical (unpaired) electrons. The van der Waals surface area contributed by atoms with Crippen LogP contribution in [0.5, 0.6) is 0 Å². The van der Waals surface area contributed by atoms with Crippen LogP contribution in [0.2, 0.25) is 10.0 Å². The van der Waals surface area contributed by atoms with Crippen molar-refractivity contribution in [3.8, 4) is 11.5 Å². The van der Waals surface area contributed by atoms with Crippen molar-refractivity contribution in [2.24, 2.45) is 0 Å². The van der Waals surface area contributed by atoms with E-state index in [-0.39, 0.29) is 30.5 Å². The topological polar surface area (TPSA) is 83.6 Å². The fourth-order valence-electron chi connectivity index (χ4n) is 1.93. The molecule has 2 rings (SSSR count). The minimum atomic E-state index is -0.965. The number of carboxylic acids is 1. The van der Waals surface area contributed by atoms with Crippen molar-refractivity contribution in [1.82, 2.24) is 9.88 Å². The maximum absolute atomic E-state index is 12.3. The summed E-state index contributed by atoms with van der Waals surface area (Å²) < 4.78 is 5.31. The fraction of sp³-hybridized carbons (Fsp3) is 0.267. The second-order valence-corrected chi connectivity index (χ2v) is 5.51. The molecule has 0 saturated carbocycles. The Balaban J connectivity index is 2.18. The lowest BCUT2D eigenvalue weighted by Gasteiger charge is -2.18. The van der Waals surface area contributed by atoms with Gasteiger partial charge in [0.15, 0.2) is 5.69 Å². The Morgan fingerprint density at radius 1 is 1.30 bits per heavy atom. The van der Waals surface area contributed by atoms with Crippen molar-refractivity contribution in [2.75, 3.05) is 13.1 Å². The van der Waals surface area contributed by atoms with Crippen molar-refractivity contribution >= 4 is 35.1 Å². The van der Waals surface area contributed by atoms with Gasteiger partial charge >= 0.3 is 5.97 Å². The average molecular weight is 357 g/mol. The van der Waals surface area contributed by atoms with Gasteiger partial charge in [0, 0.05) is 18.7 Å². The Morgan fingerprint density at radius 2 is 2.04 bits per heavy atom. The lowest BCUT2D eigenvalue weighted by molar-refractivity contribution is -0.137. The van der Waals surface area contributed by atoms with E-state index in [1.807, 2.05) is 0 Å². The minimum Gasteiger partial charge on any atom is -0.481 e. The Morgan fingerprint density at radius 3 is 2.65 bits per heavy atom. The van der Waals surface area contributed by atoms with E-state index in [4.69, 9.17) is 32.7 Å². The summed E-state index contributed by atoms with van der Waals surface area (Å²) in [5.74, 6) is -1.11. The summed E-state index contributed by atoms with van der Waals surface area (Å²) >= 11 is 11.8. The number of carbonyl (C=O) groups excluding carboxylic acids is 1. The Bertz CT molecular complexity index is 730. The predicted molar refractivity (Wildman–Crippen MR) is 85.8 cm³/mol. The Hall–Kier alpha value is -2.05. The summed E-state index contributed by atoms with van der Waals surface area (Å²) in [5, 5.41) is 9.48. The van der Waals surface area contributed by atoms with E-state index in [1.165, 1.54) is 11.2 Å². The number of amides is 1. The number of benzene rings is 1. The van der Waals surface area contributed by atoms with Crippen molar-refractivity contribution < 1.29 is 19.1 Å². The van der Waals surface area contributed by atoms with Crippen LogP contribution in [0.4, 0.5) is 0 Å². The molecule has 0 spiro atoms. The van der Waals surface area contributed by atoms with Gasteiger partial charge in [0.1, 0.15) is 6.26 Å². The van der Waals surface area contributed by atoms with Crippen LogP contribution in [0.15, 0.2) is 28.9 Å². The molecule has 0 aliphatic carbocycles. The van der Waals surface area contributed by atoms with E-state index in [2.05, 4.69) is 4.98 Å². The van der Waals surface area contributed by atoms with Gasteiger partial charge in [-0.3, -0.25) is 9.59 Å². The van der Waals surface area contributed by atoms with Crippen LogP contribution >= 0.6 is 23.2 Å². The second-order valence-electron chi connectivity index (χ2n) is 4.70. The fourth-order valence-corrected chi connectivity index (χ4v) is 2.23. The SMILES string of the molecule is CCN(CCC(=O)O)C(=O)c1coc(-c2ccc(Cl)c(Cl)c2)n1. The first-order valence-corrected chi connectivity index (χ1v) is 7.60. The monoisotopic (exact) mass is 356 g/mol. The molecule has 0 aliphatic rings. The zero-order valence-corrected chi connectivity index (χ0v) is 13.8. The molecule has 1 heterocycles. The Kier molecular flexibility index (Phi) is 5.63. The number of aromatic nitrogens is 1. The van der Waals surface area contributed by atoms with Crippen LogP contribution in [0, 0.1) is 0 Å².